The number of Topliss-reactive ketones (excluding diaryl/α,β-unsaturated/α-hetero) is 1. The number of likely N-dealkylation sites (N-methyl/N-ethyl adjacent to an activating group) is 1. The zero-order chi connectivity index (χ0) is 48.7. The van der Waals surface area contributed by atoms with E-state index in [9.17, 15) is 28.8 Å². The van der Waals surface area contributed by atoms with Gasteiger partial charge in [0.05, 0.1) is 31.5 Å². The topological polar surface area (TPSA) is 313 Å². The molecule has 0 aliphatic carbocycles. The molecule has 356 valence electrons. The van der Waals surface area contributed by atoms with E-state index < -0.39 is 12.1 Å². The molecule has 19 nitrogen and oxygen atoms in total. The first kappa shape index (κ1) is 56.0. The molecule has 5 aromatic rings. The van der Waals surface area contributed by atoms with E-state index in [0.29, 0.717) is 25.8 Å². The van der Waals surface area contributed by atoms with Crippen LogP contribution in [0.15, 0.2) is 78.4 Å². The zero-order valence-corrected chi connectivity index (χ0v) is 39.0. The summed E-state index contributed by atoms with van der Waals surface area (Å²) >= 11 is 0. The summed E-state index contributed by atoms with van der Waals surface area (Å²) in [7, 11) is 0. The van der Waals surface area contributed by atoms with Crippen molar-refractivity contribution in [1.82, 2.24) is 46.5 Å². The van der Waals surface area contributed by atoms with E-state index in [1.165, 1.54) is 27.4 Å². The fourth-order valence-electron chi connectivity index (χ4n) is 5.89. The van der Waals surface area contributed by atoms with E-state index in [-0.39, 0.29) is 60.4 Å². The molecule has 0 spiro atoms. The van der Waals surface area contributed by atoms with Crippen molar-refractivity contribution in [3.63, 3.8) is 0 Å². The highest BCUT2D eigenvalue weighted by Crippen LogP contribution is 2.19. The molecule has 0 radical (unpaired) electrons. The molecule has 65 heavy (non-hydrogen) atoms. The first-order valence-electron chi connectivity index (χ1n) is 21.6. The van der Waals surface area contributed by atoms with Gasteiger partial charge in [-0.2, -0.15) is 0 Å². The summed E-state index contributed by atoms with van der Waals surface area (Å²) in [5.74, 6) is -0.547. The normalized spacial score (nSPS) is 11.6. The summed E-state index contributed by atoms with van der Waals surface area (Å²) in [5, 5.41) is 15.1. The lowest BCUT2D eigenvalue weighted by molar-refractivity contribution is -0.130. The van der Waals surface area contributed by atoms with Gasteiger partial charge in [-0.15, -0.1) is 0 Å². The third kappa shape index (κ3) is 22.8. The molecule has 0 bridgehead atoms. The molecule has 3 unspecified atom stereocenters. The predicted molar refractivity (Wildman–Crippen MR) is 257 cm³/mol. The number of hydrogen-bond acceptors (Lipinski definition) is 9. The Bertz CT molecular complexity index is 2180. The molecule has 3 aromatic heterocycles. The van der Waals surface area contributed by atoms with E-state index in [0.717, 1.165) is 30.6 Å². The van der Waals surface area contributed by atoms with Crippen molar-refractivity contribution in [2.75, 3.05) is 26.2 Å². The molecule has 19 heteroatoms. The first-order valence-corrected chi connectivity index (χ1v) is 21.6. The number of aryl methyl sites for hydroxylation is 1. The number of nitrogens with one attached hydrogen (secondary N) is 8. The molecule has 5 amide bonds. The van der Waals surface area contributed by atoms with Gasteiger partial charge in [0.15, 0.2) is 11.7 Å². The Kier molecular flexibility index (Phi) is 27.4. The van der Waals surface area contributed by atoms with Crippen LogP contribution < -0.4 is 43.8 Å². The Morgan fingerprint density at radius 1 is 0.785 bits per heavy atom. The van der Waals surface area contributed by atoms with Crippen molar-refractivity contribution in [2.45, 2.75) is 92.8 Å². The second kappa shape index (κ2) is 31.8. The standard InChI is InChI=1S/C17H21N5O.C11H20N2O3.C9H9N.C5H10N2O2.C4H11N3/c1-11(6-12-8-20-16-5-3-2-4-14(12)16)22-17(23)15(18)7-13-9-19-10-21-13;1-7(2)10(11(16)8(3)4)13-9(15)5-12-6-14;1-7-6-10-9-5-3-2-4-8(7)9;1-2-7-5(9)3-6-4-8;1-2-3-7-4(5)6/h2-5,8-11,15,20H,6-7,18H2,1H3,(H,19,21)(H,22,23);6-8,10H,5H2,1-4H3,(H,12,14)(H,13,15);2-6,10H,1H3;4H,2-3H2,1H3,(H,6,8)(H,7,9);2-3H2,1H3,(H4,5,6,7). The van der Waals surface area contributed by atoms with Crippen molar-refractivity contribution in [2.24, 2.45) is 34.0 Å². The quantitative estimate of drug-likeness (QED) is 0.0327. The molecule has 0 fully saturated rings. The molecule has 14 N–H and O–H groups in total. The number of imidazole rings is 1. The number of para-hydroxylation sites is 2. The van der Waals surface area contributed by atoms with Gasteiger partial charge in [-0.1, -0.05) is 71.0 Å². The number of hydrogen-bond donors (Lipinski definition) is 11. The summed E-state index contributed by atoms with van der Waals surface area (Å²) in [6, 6.07) is 15.4. The number of amides is 5. The van der Waals surface area contributed by atoms with Crippen molar-refractivity contribution in [1.29, 1.82) is 0 Å². The van der Waals surface area contributed by atoms with Crippen LogP contribution in [0.5, 0.6) is 0 Å². The van der Waals surface area contributed by atoms with Crippen LogP contribution in [0.1, 0.15) is 71.7 Å². The average molecular weight is 902 g/mol. The Morgan fingerprint density at radius 3 is 1.88 bits per heavy atom. The van der Waals surface area contributed by atoms with Gasteiger partial charge in [0.1, 0.15) is 0 Å². The van der Waals surface area contributed by atoms with Crippen LogP contribution in [-0.2, 0) is 41.6 Å². The van der Waals surface area contributed by atoms with Crippen LogP contribution in [0.4, 0.5) is 0 Å². The number of aromatic amines is 3. The van der Waals surface area contributed by atoms with Crippen LogP contribution in [0, 0.1) is 18.8 Å². The maximum atomic E-state index is 12.2. The van der Waals surface area contributed by atoms with Gasteiger partial charge < -0.3 is 58.7 Å². The Morgan fingerprint density at radius 2 is 1.37 bits per heavy atom. The van der Waals surface area contributed by atoms with Gasteiger partial charge in [0.2, 0.25) is 30.5 Å². The fourth-order valence-corrected chi connectivity index (χ4v) is 5.89. The number of aromatic nitrogens is 4. The van der Waals surface area contributed by atoms with Gasteiger partial charge in [0.25, 0.3) is 0 Å². The summed E-state index contributed by atoms with van der Waals surface area (Å²) in [4.78, 5) is 82.5. The number of guanidine groups is 1. The molecular formula is C46H71N13O6. The van der Waals surface area contributed by atoms with E-state index in [1.807, 2.05) is 71.3 Å². The number of aliphatic imine (C=N–C) groups is 1. The molecule has 0 saturated carbocycles. The van der Waals surface area contributed by atoms with Crippen LogP contribution in [-0.4, -0.2) is 107 Å². The zero-order valence-electron chi connectivity index (χ0n) is 39.0. The smallest absolute Gasteiger partial charge is 0.239 e. The van der Waals surface area contributed by atoms with E-state index in [4.69, 9.17) is 17.2 Å². The number of H-pyrrole nitrogens is 3. The summed E-state index contributed by atoms with van der Waals surface area (Å²) in [6.07, 6.45) is 10.4. The number of rotatable bonds is 19. The van der Waals surface area contributed by atoms with Crippen LogP contribution >= 0.6 is 0 Å². The Labute approximate surface area is 381 Å². The molecule has 0 aliphatic rings. The van der Waals surface area contributed by atoms with Gasteiger partial charge >= 0.3 is 0 Å². The minimum Gasteiger partial charge on any atom is -0.370 e. The molecule has 3 heterocycles. The summed E-state index contributed by atoms with van der Waals surface area (Å²) < 4.78 is 0. The van der Waals surface area contributed by atoms with Crippen molar-refractivity contribution in [3.8, 4) is 0 Å². The minimum atomic E-state index is -0.583. The van der Waals surface area contributed by atoms with Crippen LogP contribution in [0.25, 0.3) is 21.8 Å². The molecule has 2 aromatic carbocycles. The monoisotopic (exact) mass is 902 g/mol. The number of nitrogens with zero attached hydrogens (tertiary/aromatic N) is 2. The molecule has 3 atom stereocenters. The second-order valence-electron chi connectivity index (χ2n) is 15.5. The van der Waals surface area contributed by atoms with Gasteiger partial charge in [0, 0.05) is 77.6 Å². The highest BCUT2D eigenvalue weighted by atomic mass is 16.2. The van der Waals surface area contributed by atoms with Crippen molar-refractivity contribution in [3.05, 3.63) is 90.3 Å². The number of carbonyl (C=O) groups excluding carboxylic acids is 6. The molecular weight excluding hydrogens is 831 g/mol. The lowest BCUT2D eigenvalue weighted by Crippen LogP contribution is -2.48. The minimum absolute atomic E-state index is 0.00875. The van der Waals surface area contributed by atoms with Crippen molar-refractivity contribution >= 4 is 64.1 Å². The number of carbonyl (C=O) groups is 6. The fraction of sp³-hybridized carbons (Fsp3) is 0.435. The maximum Gasteiger partial charge on any atom is 0.239 e. The van der Waals surface area contributed by atoms with Gasteiger partial charge in [-0.25, -0.2) is 4.98 Å². The van der Waals surface area contributed by atoms with Crippen molar-refractivity contribution < 1.29 is 28.8 Å². The lowest BCUT2D eigenvalue weighted by atomic mass is 9.93. The number of nitrogens with two attached hydrogens (primary N) is 3. The lowest BCUT2D eigenvalue weighted by Gasteiger charge is -2.22. The number of ketones is 1. The summed E-state index contributed by atoms with van der Waals surface area (Å²) in [5.41, 5.74) is 21.7. The SMILES string of the molecule is CC(C)C(=O)C(NC(=O)CNC=O)C(C)C.CC(Cc1c[nH]c2ccccc12)NC(=O)C(N)Cc1cnc[nH]1.CCCN=C(N)N.CCNC(=O)CNC=O.Cc1c[nH]c2ccccc12. The number of benzene rings is 2. The molecule has 0 aliphatic heterocycles. The van der Waals surface area contributed by atoms with E-state index >= 15 is 0 Å². The van der Waals surface area contributed by atoms with Crippen LogP contribution in [0.2, 0.25) is 0 Å². The summed E-state index contributed by atoms with van der Waals surface area (Å²) in [6.45, 7) is 16.6. The number of fused-ring (bicyclic) bond motifs is 2. The predicted octanol–water partition coefficient (Wildman–Crippen LogP) is 2.62. The van der Waals surface area contributed by atoms with Crippen LogP contribution in [0.3, 0.4) is 0 Å². The van der Waals surface area contributed by atoms with E-state index in [1.54, 1.807) is 26.4 Å². The van der Waals surface area contributed by atoms with E-state index in [2.05, 4.69) is 82.7 Å². The van der Waals surface area contributed by atoms with Gasteiger partial charge in [-0.05, 0) is 62.8 Å². The maximum absolute atomic E-state index is 12.2. The molecule has 5 rings (SSSR count). The Balaban J connectivity index is 0.000000438. The highest BCUT2D eigenvalue weighted by Gasteiger charge is 2.25. The molecule has 0 saturated heterocycles. The average Bonchev–Trinajstić information content (AvgIpc) is 4.05. The highest BCUT2D eigenvalue weighted by molar-refractivity contribution is 5.91. The third-order valence-corrected chi connectivity index (χ3v) is 9.16. The third-order valence-electron chi connectivity index (χ3n) is 9.16. The first-order chi connectivity index (χ1) is 31.0. The Hall–Kier alpha value is -7.02. The van der Waals surface area contributed by atoms with Gasteiger partial charge in [-0.3, -0.25) is 33.8 Å². The second-order valence-corrected chi connectivity index (χ2v) is 15.5. The largest absolute Gasteiger partial charge is 0.370 e.